The molecule has 0 radical (unpaired) electrons. The first kappa shape index (κ1) is 20.7. The summed E-state index contributed by atoms with van der Waals surface area (Å²) in [5.74, 6) is 0. The molecule has 5 aromatic rings. The molecule has 2 nitrogen and oxygen atoms in total. The minimum absolute atomic E-state index is 0.0110. The van der Waals surface area contributed by atoms with E-state index >= 15 is 0 Å². The van der Waals surface area contributed by atoms with Crippen LogP contribution in [0.4, 0.5) is 13.2 Å². The van der Waals surface area contributed by atoms with E-state index in [0.717, 1.165) is 63.7 Å². The first-order chi connectivity index (χ1) is 17.3. The summed E-state index contributed by atoms with van der Waals surface area (Å²) in [4.78, 5) is 0. The van der Waals surface area contributed by atoms with E-state index in [1.807, 2.05) is 61.1 Å². The number of hydrogen-bond acceptors (Lipinski definition) is 1. The second kappa shape index (κ2) is 8.26. The summed E-state index contributed by atoms with van der Waals surface area (Å²) in [6.45, 7) is 3.82. The molecule has 0 spiro atoms. The van der Waals surface area contributed by atoms with Gasteiger partial charge in [0.15, 0.2) is 6.20 Å². The summed E-state index contributed by atoms with van der Waals surface area (Å²) in [5.41, 5.74) is 3.65. The van der Waals surface area contributed by atoms with Crippen LogP contribution in [0, 0.1) is 12.3 Å². The van der Waals surface area contributed by atoms with Crippen molar-refractivity contribution >= 4 is 21.9 Å². The van der Waals surface area contributed by atoms with E-state index in [9.17, 15) is 13.2 Å². The van der Waals surface area contributed by atoms with Gasteiger partial charge in [0, 0.05) is 25.6 Å². The van der Waals surface area contributed by atoms with E-state index in [1.165, 1.54) is 12.1 Å². The second-order valence-corrected chi connectivity index (χ2v) is 9.47. The van der Waals surface area contributed by atoms with Crippen LogP contribution in [0.3, 0.4) is 0 Å². The number of alkyl halides is 3. The molecule has 0 saturated carbocycles. The molecule has 178 valence electrons. The van der Waals surface area contributed by atoms with Crippen LogP contribution in [0.15, 0.2) is 83.4 Å². The van der Waals surface area contributed by atoms with Gasteiger partial charge in [-0.2, -0.15) is 13.2 Å². The molecule has 0 N–H and O–H groups in total. The Hall–Kier alpha value is -3.60. The number of aromatic nitrogens is 1. The molecule has 0 bridgehead atoms. The van der Waals surface area contributed by atoms with Gasteiger partial charge < -0.3 is 4.42 Å². The lowest BCUT2D eigenvalue weighted by Crippen LogP contribution is -2.34. The van der Waals surface area contributed by atoms with Crippen molar-refractivity contribution in [3.05, 3.63) is 90.1 Å². The van der Waals surface area contributed by atoms with Crippen molar-refractivity contribution in [1.29, 1.82) is 0 Å². The van der Waals surface area contributed by atoms with Gasteiger partial charge in [0.25, 0.3) is 0 Å². The number of aryl methyl sites for hydroxylation is 2. The highest BCUT2D eigenvalue weighted by Gasteiger charge is 2.46. The van der Waals surface area contributed by atoms with Crippen molar-refractivity contribution in [3.63, 3.8) is 0 Å². The third kappa shape index (κ3) is 4.09. The number of rotatable bonds is 4. The highest BCUT2D eigenvalue weighted by Crippen LogP contribution is 2.41. The van der Waals surface area contributed by atoms with Gasteiger partial charge in [-0.25, -0.2) is 4.57 Å². The van der Waals surface area contributed by atoms with Gasteiger partial charge in [-0.1, -0.05) is 68.4 Å². The number of hydrogen-bond donors (Lipinski definition) is 0. The lowest BCUT2D eigenvalue weighted by atomic mass is 9.84. The summed E-state index contributed by atoms with van der Waals surface area (Å²) >= 11 is 0. The van der Waals surface area contributed by atoms with E-state index in [4.69, 9.17) is 7.16 Å². The Morgan fingerprint density at radius 1 is 0.886 bits per heavy atom. The first-order valence-corrected chi connectivity index (χ1v) is 11.4. The summed E-state index contributed by atoms with van der Waals surface area (Å²) in [7, 11) is 1.96. The summed E-state index contributed by atoms with van der Waals surface area (Å²) < 4.78 is 65.5. The van der Waals surface area contributed by atoms with Gasteiger partial charge in [-0.3, -0.25) is 0 Å². The molecule has 0 aliphatic rings. The molecule has 5 rings (SSSR count). The number of benzene rings is 3. The molecule has 0 aliphatic heterocycles. The second-order valence-electron chi connectivity index (χ2n) is 9.47. The molecule has 3 aromatic carbocycles. The van der Waals surface area contributed by atoms with E-state index in [-0.39, 0.29) is 5.56 Å². The molecule has 0 fully saturated rings. The Bertz CT molecular complexity index is 1630. The van der Waals surface area contributed by atoms with Crippen LogP contribution in [-0.2, 0) is 13.4 Å². The van der Waals surface area contributed by atoms with Crippen molar-refractivity contribution in [2.45, 2.75) is 33.3 Å². The first-order valence-electron chi connectivity index (χ1n) is 12.4. The molecule has 5 heteroatoms. The standard InChI is InChI=1S/C30H27F3NO/c1-19-9-14-24-23-7-5-6-8-26(23)35-28(24)27(19)25-17-22(15-16-34(25)4)21-12-10-20(11-13-21)18-29(2,3)30(31,32)33/h5-17H,18H2,1-4H3/q+1/i18D2. The van der Waals surface area contributed by atoms with Gasteiger partial charge in [-0.05, 0) is 41.6 Å². The SMILES string of the molecule is [2H]C([2H])(c1ccc(-c2cc[n+](C)c(-c3c(C)ccc4c3oc3ccccc34)c2)cc1)C(C)(C)C(F)(F)F. The molecule has 0 amide bonds. The number of pyridine rings is 1. The minimum Gasteiger partial charge on any atom is -0.455 e. The molecular weight excluding hydrogens is 447 g/mol. The normalized spacial score (nSPS) is 13.8. The van der Waals surface area contributed by atoms with Crippen LogP contribution in [-0.4, -0.2) is 6.18 Å². The number of nitrogens with zero attached hydrogens (tertiary/aromatic N) is 1. The molecule has 35 heavy (non-hydrogen) atoms. The topological polar surface area (TPSA) is 17.0 Å². The van der Waals surface area contributed by atoms with Crippen LogP contribution >= 0.6 is 0 Å². The number of fused-ring (bicyclic) bond motifs is 3. The van der Waals surface area contributed by atoms with Crippen molar-refractivity contribution in [2.24, 2.45) is 12.5 Å². The highest BCUT2D eigenvalue weighted by molar-refractivity contribution is 6.09. The third-order valence-corrected chi connectivity index (χ3v) is 6.55. The third-order valence-electron chi connectivity index (χ3n) is 6.55. The Kier molecular flexibility index (Phi) is 4.90. The monoisotopic (exact) mass is 476 g/mol. The number of halogens is 3. The Morgan fingerprint density at radius 2 is 1.60 bits per heavy atom. The molecule has 0 unspecified atom stereocenters. The lowest BCUT2D eigenvalue weighted by Gasteiger charge is -2.27. The predicted molar refractivity (Wildman–Crippen MR) is 134 cm³/mol. The van der Waals surface area contributed by atoms with Crippen LogP contribution in [0.5, 0.6) is 0 Å². The van der Waals surface area contributed by atoms with Crippen molar-refractivity contribution in [2.75, 3.05) is 0 Å². The zero-order chi connectivity index (χ0) is 26.8. The van der Waals surface area contributed by atoms with E-state index in [2.05, 4.69) is 12.1 Å². The van der Waals surface area contributed by atoms with Crippen LogP contribution in [0.1, 0.15) is 27.7 Å². The van der Waals surface area contributed by atoms with Crippen LogP contribution < -0.4 is 4.57 Å². The molecule has 0 saturated heterocycles. The Labute approximate surface area is 205 Å². The quantitative estimate of drug-likeness (QED) is 0.239. The summed E-state index contributed by atoms with van der Waals surface area (Å²) in [6, 6.07) is 22.3. The van der Waals surface area contributed by atoms with Gasteiger partial charge in [0.2, 0.25) is 5.69 Å². The van der Waals surface area contributed by atoms with Gasteiger partial charge in [0.1, 0.15) is 18.2 Å². The Balaban J connectivity index is 1.60. The largest absolute Gasteiger partial charge is 0.455 e. The predicted octanol–water partition coefficient (Wildman–Crippen LogP) is 8.18. The average molecular weight is 477 g/mol. The maximum Gasteiger partial charge on any atom is 0.394 e. The van der Waals surface area contributed by atoms with Gasteiger partial charge >= 0.3 is 6.18 Å². The summed E-state index contributed by atoms with van der Waals surface area (Å²) in [6.07, 6.45) is -5.34. The van der Waals surface area contributed by atoms with E-state index < -0.39 is 18.0 Å². The maximum absolute atomic E-state index is 13.6. The van der Waals surface area contributed by atoms with Crippen LogP contribution in [0.25, 0.3) is 44.3 Å². The van der Waals surface area contributed by atoms with Crippen molar-refractivity contribution < 1.29 is 24.9 Å². The number of furan rings is 1. The maximum atomic E-state index is 13.6. The van der Waals surface area contributed by atoms with Crippen molar-refractivity contribution in [3.8, 4) is 22.4 Å². The number of para-hydroxylation sites is 1. The van der Waals surface area contributed by atoms with Gasteiger partial charge in [-0.15, -0.1) is 0 Å². The van der Waals surface area contributed by atoms with Crippen LogP contribution in [0.2, 0.25) is 0 Å². The van der Waals surface area contributed by atoms with Crippen molar-refractivity contribution in [1.82, 2.24) is 0 Å². The molecule has 2 aromatic heterocycles. The van der Waals surface area contributed by atoms with E-state index in [1.54, 1.807) is 12.1 Å². The van der Waals surface area contributed by atoms with E-state index in [0.29, 0.717) is 0 Å². The smallest absolute Gasteiger partial charge is 0.394 e. The lowest BCUT2D eigenvalue weighted by molar-refractivity contribution is -0.660. The molecule has 2 heterocycles. The highest BCUT2D eigenvalue weighted by atomic mass is 19.4. The molecule has 0 aliphatic carbocycles. The fraction of sp³-hybridized carbons (Fsp3) is 0.233. The minimum atomic E-state index is -4.69. The molecule has 0 atom stereocenters. The van der Waals surface area contributed by atoms with Gasteiger partial charge in [0.05, 0.1) is 11.0 Å². The average Bonchev–Trinajstić information content (AvgIpc) is 3.22. The fourth-order valence-electron chi connectivity index (χ4n) is 4.38. The summed E-state index contributed by atoms with van der Waals surface area (Å²) in [5, 5.41) is 2.07. The zero-order valence-corrected chi connectivity index (χ0v) is 20.0. The fourth-order valence-corrected chi connectivity index (χ4v) is 4.38. The zero-order valence-electron chi connectivity index (χ0n) is 22.0. The molecular formula is C30H27F3NO+. The Morgan fingerprint density at radius 3 is 2.31 bits per heavy atom.